The van der Waals surface area contributed by atoms with Crippen molar-refractivity contribution in [1.82, 2.24) is 5.32 Å². The number of carbonyl (C=O) groups is 2. The lowest BCUT2D eigenvalue weighted by Gasteiger charge is -2.25. The normalized spacial score (nSPS) is 20.1. The number of hydrogen-bond acceptors (Lipinski definition) is 4. The third kappa shape index (κ3) is 4.70. The van der Waals surface area contributed by atoms with Gasteiger partial charge in [0.15, 0.2) is 5.54 Å². The van der Waals surface area contributed by atoms with Gasteiger partial charge in [0.1, 0.15) is 12.4 Å². The number of benzene rings is 2. The molecule has 1 aliphatic rings. The van der Waals surface area contributed by atoms with Crippen LogP contribution in [0, 0.1) is 5.92 Å². The van der Waals surface area contributed by atoms with Gasteiger partial charge in [0, 0.05) is 13.0 Å². The zero-order valence-corrected chi connectivity index (χ0v) is 16.1. The van der Waals surface area contributed by atoms with Crippen molar-refractivity contribution in [3.05, 3.63) is 65.7 Å². The molecular formula is C22H25NO5. The molecule has 0 spiro atoms. The Morgan fingerprint density at radius 2 is 1.82 bits per heavy atom. The SMILES string of the molecule is COCC(C)(NC(=O)C1CC1c1ccc(OCc2ccccc2)cc1)C(=O)O. The highest BCUT2D eigenvalue weighted by atomic mass is 16.5. The average molecular weight is 383 g/mol. The molecule has 0 radical (unpaired) electrons. The fraction of sp³-hybridized carbons (Fsp3) is 0.364. The van der Waals surface area contributed by atoms with Gasteiger partial charge in [-0.25, -0.2) is 4.79 Å². The molecule has 0 saturated heterocycles. The smallest absolute Gasteiger partial charge is 0.331 e. The molecule has 3 rings (SSSR count). The summed E-state index contributed by atoms with van der Waals surface area (Å²) in [5.74, 6) is -0.709. The molecule has 2 aromatic carbocycles. The zero-order chi connectivity index (χ0) is 20.1. The molecule has 3 unspecified atom stereocenters. The number of rotatable bonds is 9. The Labute approximate surface area is 164 Å². The van der Waals surface area contributed by atoms with E-state index in [0.29, 0.717) is 13.0 Å². The van der Waals surface area contributed by atoms with Gasteiger partial charge in [0.25, 0.3) is 0 Å². The van der Waals surface area contributed by atoms with Crippen molar-refractivity contribution < 1.29 is 24.2 Å². The monoisotopic (exact) mass is 383 g/mol. The largest absolute Gasteiger partial charge is 0.489 e. The van der Waals surface area contributed by atoms with Crippen molar-refractivity contribution in [2.75, 3.05) is 13.7 Å². The standard InChI is InChI=1S/C22H25NO5/c1-22(14-27-2,21(25)26)23-20(24)19-12-18(19)16-8-10-17(11-9-16)28-13-15-6-4-3-5-7-15/h3-11,18-19H,12-14H2,1-2H3,(H,23,24)(H,25,26). The summed E-state index contributed by atoms with van der Waals surface area (Å²) >= 11 is 0. The van der Waals surface area contributed by atoms with Gasteiger partial charge in [-0.1, -0.05) is 42.5 Å². The van der Waals surface area contributed by atoms with Gasteiger partial charge in [-0.05, 0) is 42.5 Å². The number of methoxy groups -OCH3 is 1. The first-order valence-corrected chi connectivity index (χ1v) is 9.24. The molecule has 1 amide bonds. The molecule has 0 aliphatic heterocycles. The van der Waals surface area contributed by atoms with Crippen LogP contribution in [0.3, 0.4) is 0 Å². The highest BCUT2D eigenvalue weighted by Gasteiger charge is 2.47. The predicted molar refractivity (Wildman–Crippen MR) is 104 cm³/mol. The van der Waals surface area contributed by atoms with Crippen molar-refractivity contribution in [3.63, 3.8) is 0 Å². The van der Waals surface area contributed by atoms with Crippen LogP contribution < -0.4 is 10.1 Å². The van der Waals surface area contributed by atoms with Gasteiger partial charge in [-0.15, -0.1) is 0 Å². The molecule has 0 heterocycles. The van der Waals surface area contributed by atoms with E-state index in [9.17, 15) is 14.7 Å². The van der Waals surface area contributed by atoms with E-state index in [1.165, 1.54) is 14.0 Å². The van der Waals surface area contributed by atoms with Crippen molar-refractivity contribution in [2.45, 2.75) is 31.4 Å². The fourth-order valence-corrected chi connectivity index (χ4v) is 3.21. The maximum atomic E-state index is 12.5. The highest BCUT2D eigenvalue weighted by Crippen LogP contribution is 2.48. The Morgan fingerprint density at radius 1 is 1.14 bits per heavy atom. The molecule has 2 aromatic rings. The fourth-order valence-electron chi connectivity index (χ4n) is 3.21. The third-order valence-electron chi connectivity index (χ3n) is 4.99. The van der Waals surface area contributed by atoms with E-state index in [1.54, 1.807) is 0 Å². The molecule has 3 atom stereocenters. The summed E-state index contributed by atoms with van der Waals surface area (Å²) in [6.07, 6.45) is 0.707. The van der Waals surface area contributed by atoms with Crippen LogP contribution in [-0.4, -0.2) is 36.2 Å². The number of hydrogen-bond donors (Lipinski definition) is 2. The minimum atomic E-state index is -1.42. The summed E-state index contributed by atoms with van der Waals surface area (Å²) < 4.78 is 10.7. The van der Waals surface area contributed by atoms with E-state index < -0.39 is 11.5 Å². The topological polar surface area (TPSA) is 84.9 Å². The number of amides is 1. The lowest BCUT2D eigenvalue weighted by atomic mass is 10.0. The summed E-state index contributed by atoms with van der Waals surface area (Å²) in [4.78, 5) is 23.9. The van der Waals surface area contributed by atoms with Gasteiger partial charge in [0.05, 0.1) is 6.61 Å². The number of aliphatic carboxylic acids is 1. The lowest BCUT2D eigenvalue weighted by Crippen LogP contribution is -2.55. The molecule has 0 bridgehead atoms. The summed E-state index contributed by atoms with van der Waals surface area (Å²) in [5.41, 5.74) is 0.729. The van der Waals surface area contributed by atoms with Gasteiger partial charge in [-0.2, -0.15) is 0 Å². The summed E-state index contributed by atoms with van der Waals surface area (Å²) in [7, 11) is 1.41. The maximum Gasteiger partial charge on any atom is 0.331 e. The van der Waals surface area contributed by atoms with E-state index >= 15 is 0 Å². The minimum Gasteiger partial charge on any atom is -0.489 e. The van der Waals surface area contributed by atoms with Crippen LogP contribution in [0.2, 0.25) is 0 Å². The van der Waals surface area contributed by atoms with Gasteiger partial charge >= 0.3 is 5.97 Å². The number of ether oxygens (including phenoxy) is 2. The molecule has 1 saturated carbocycles. The molecule has 2 N–H and O–H groups in total. The number of carboxylic acids is 1. The predicted octanol–water partition coefficient (Wildman–Crippen LogP) is 2.98. The van der Waals surface area contributed by atoms with E-state index in [2.05, 4.69) is 5.32 Å². The molecule has 6 nitrogen and oxygen atoms in total. The first-order chi connectivity index (χ1) is 13.4. The van der Waals surface area contributed by atoms with Crippen LogP contribution >= 0.6 is 0 Å². The van der Waals surface area contributed by atoms with Gasteiger partial charge < -0.3 is 19.9 Å². The van der Waals surface area contributed by atoms with Crippen molar-refractivity contribution in [3.8, 4) is 5.75 Å². The van der Waals surface area contributed by atoms with Crippen molar-refractivity contribution in [2.24, 2.45) is 5.92 Å². The van der Waals surface area contributed by atoms with Gasteiger partial charge in [0.2, 0.25) is 5.91 Å². The Morgan fingerprint density at radius 3 is 2.43 bits per heavy atom. The molecule has 28 heavy (non-hydrogen) atoms. The Balaban J connectivity index is 1.54. The second-order valence-electron chi connectivity index (χ2n) is 7.35. The van der Waals surface area contributed by atoms with E-state index in [1.807, 2.05) is 54.6 Å². The van der Waals surface area contributed by atoms with Crippen LogP contribution in [0.1, 0.15) is 30.4 Å². The van der Waals surface area contributed by atoms with Crippen LogP contribution in [0.15, 0.2) is 54.6 Å². The van der Waals surface area contributed by atoms with Crippen LogP contribution in [-0.2, 0) is 20.9 Å². The van der Waals surface area contributed by atoms with Crippen molar-refractivity contribution >= 4 is 11.9 Å². The van der Waals surface area contributed by atoms with E-state index in [-0.39, 0.29) is 24.3 Å². The highest BCUT2D eigenvalue weighted by molar-refractivity contribution is 5.90. The summed E-state index contributed by atoms with van der Waals surface area (Å²) in [5, 5.41) is 12.0. The Kier molecular flexibility index (Phi) is 5.99. The summed E-state index contributed by atoms with van der Waals surface area (Å²) in [6.45, 7) is 1.87. The number of carbonyl (C=O) groups excluding carboxylic acids is 1. The maximum absolute atomic E-state index is 12.5. The third-order valence-corrected chi connectivity index (χ3v) is 4.99. The zero-order valence-electron chi connectivity index (χ0n) is 16.1. The van der Waals surface area contributed by atoms with Crippen LogP contribution in [0.25, 0.3) is 0 Å². The van der Waals surface area contributed by atoms with Crippen LogP contribution in [0.4, 0.5) is 0 Å². The van der Waals surface area contributed by atoms with Gasteiger partial charge in [-0.3, -0.25) is 4.79 Å². The average Bonchev–Trinajstić information content (AvgIpc) is 3.49. The quantitative estimate of drug-likeness (QED) is 0.695. The molecular weight excluding hydrogens is 358 g/mol. The molecule has 1 fully saturated rings. The molecule has 6 heteroatoms. The van der Waals surface area contributed by atoms with E-state index in [0.717, 1.165) is 16.9 Å². The minimum absolute atomic E-state index is 0.0844. The lowest BCUT2D eigenvalue weighted by molar-refractivity contribution is -0.149. The first kappa shape index (κ1) is 19.9. The number of carboxylic acid groups (broad SMARTS) is 1. The second kappa shape index (κ2) is 8.44. The Hall–Kier alpha value is -2.86. The van der Waals surface area contributed by atoms with Crippen LogP contribution in [0.5, 0.6) is 5.75 Å². The second-order valence-corrected chi connectivity index (χ2v) is 7.35. The number of nitrogens with one attached hydrogen (secondary N) is 1. The first-order valence-electron chi connectivity index (χ1n) is 9.24. The van der Waals surface area contributed by atoms with Crippen molar-refractivity contribution in [1.29, 1.82) is 0 Å². The molecule has 1 aliphatic carbocycles. The van der Waals surface area contributed by atoms with E-state index in [4.69, 9.17) is 9.47 Å². The summed E-state index contributed by atoms with van der Waals surface area (Å²) in [6, 6.07) is 17.7. The molecule has 0 aromatic heterocycles. The molecule has 148 valence electrons. The Bertz CT molecular complexity index is 821.